The standard InChI is InChI=1S/C23H37N3O3S/c1-4-5-14-25-15-10-7-11-20(25)23(27)24-22-18(2)12-13-21(19(22)3)30(28,29)26-16-8-6-9-17-26/h12-13,20H,4-11,14-17H2,1-3H3,(H,24,27)/t20-/m0/s1. The first kappa shape index (κ1) is 23.2. The number of hydrogen-bond acceptors (Lipinski definition) is 4. The molecule has 2 aliphatic heterocycles. The number of nitrogens with one attached hydrogen (secondary N) is 1. The summed E-state index contributed by atoms with van der Waals surface area (Å²) in [5.74, 6) is -0.00970. The normalized spacial score (nSPS) is 21.5. The lowest BCUT2D eigenvalue weighted by Crippen LogP contribution is -2.47. The van der Waals surface area contributed by atoms with Crippen LogP contribution in [0.2, 0.25) is 0 Å². The average molecular weight is 436 g/mol. The van der Waals surface area contributed by atoms with Crippen molar-refractivity contribution in [3.05, 3.63) is 23.3 Å². The second-order valence-corrected chi connectivity index (χ2v) is 10.6. The van der Waals surface area contributed by atoms with Gasteiger partial charge in [0.2, 0.25) is 15.9 Å². The maximum absolute atomic E-state index is 13.2. The summed E-state index contributed by atoms with van der Waals surface area (Å²) in [5, 5.41) is 3.11. The first-order valence-corrected chi connectivity index (χ1v) is 13.0. The number of amides is 1. The molecule has 7 heteroatoms. The molecule has 1 atom stereocenters. The number of benzene rings is 1. The zero-order chi connectivity index (χ0) is 21.7. The molecule has 0 saturated carbocycles. The highest BCUT2D eigenvalue weighted by Gasteiger charge is 2.31. The van der Waals surface area contributed by atoms with Gasteiger partial charge < -0.3 is 5.32 Å². The summed E-state index contributed by atoms with van der Waals surface area (Å²) in [6.07, 6.45) is 8.14. The molecule has 0 unspecified atom stereocenters. The number of likely N-dealkylation sites (tertiary alicyclic amines) is 1. The molecule has 2 saturated heterocycles. The summed E-state index contributed by atoms with van der Waals surface area (Å²) in [7, 11) is -3.54. The second-order valence-electron chi connectivity index (χ2n) is 8.74. The van der Waals surface area contributed by atoms with E-state index in [9.17, 15) is 13.2 Å². The molecule has 1 aromatic rings. The Bertz CT molecular complexity index is 847. The van der Waals surface area contributed by atoms with Gasteiger partial charge in [-0.05, 0) is 76.2 Å². The van der Waals surface area contributed by atoms with Gasteiger partial charge in [0.1, 0.15) is 0 Å². The Balaban J connectivity index is 1.83. The Labute approximate surface area is 182 Å². The quantitative estimate of drug-likeness (QED) is 0.701. The number of unbranched alkanes of at least 4 members (excludes halogenated alkanes) is 1. The number of carbonyl (C=O) groups is 1. The van der Waals surface area contributed by atoms with Crippen molar-refractivity contribution in [1.82, 2.24) is 9.21 Å². The highest BCUT2D eigenvalue weighted by Crippen LogP contribution is 2.31. The third-order valence-corrected chi connectivity index (χ3v) is 8.56. The minimum Gasteiger partial charge on any atom is -0.324 e. The van der Waals surface area contributed by atoms with Crippen LogP contribution in [0.5, 0.6) is 0 Å². The van der Waals surface area contributed by atoms with Gasteiger partial charge in [0.05, 0.1) is 10.9 Å². The molecule has 1 N–H and O–H groups in total. The van der Waals surface area contributed by atoms with Crippen molar-refractivity contribution in [2.24, 2.45) is 0 Å². The number of nitrogens with zero attached hydrogens (tertiary/aromatic N) is 2. The first-order valence-electron chi connectivity index (χ1n) is 11.5. The monoisotopic (exact) mass is 435 g/mol. The van der Waals surface area contributed by atoms with Crippen LogP contribution in [0.4, 0.5) is 5.69 Å². The zero-order valence-corrected chi connectivity index (χ0v) is 19.6. The largest absolute Gasteiger partial charge is 0.324 e. The fraction of sp³-hybridized carbons (Fsp3) is 0.696. The molecular weight excluding hydrogens is 398 g/mol. The molecule has 0 aromatic heterocycles. The van der Waals surface area contributed by atoms with Crippen molar-refractivity contribution >= 4 is 21.6 Å². The zero-order valence-electron chi connectivity index (χ0n) is 18.7. The molecule has 2 aliphatic rings. The fourth-order valence-corrected chi connectivity index (χ4v) is 6.41. The molecule has 30 heavy (non-hydrogen) atoms. The van der Waals surface area contributed by atoms with E-state index in [1.165, 1.54) is 0 Å². The van der Waals surface area contributed by atoms with Gasteiger partial charge in [-0.15, -0.1) is 0 Å². The molecule has 0 radical (unpaired) electrons. The van der Waals surface area contributed by atoms with Crippen LogP contribution in [0.25, 0.3) is 0 Å². The Morgan fingerprint density at radius 1 is 1.07 bits per heavy atom. The lowest BCUT2D eigenvalue weighted by Gasteiger charge is -2.35. The second kappa shape index (κ2) is 10.2. The minimum atomic E-state index is -3.54. The number of anilines is 1. The molecule has 1 aromatic carbocycles. The summed E-state index contributed by atoms with van der Waals surface area (Å²) in [5.41, 5.74) is 2.19. The van der Waals surface area contributed by atoms with Crippen molar-refractivity contribution in [2.45, 2.75) is 83.1 Å². The summed E-state index contributed by atoms with van der Waals surface area (Å²) in [6, 6.07) is 3.37. The van der Waals surface area contributed by atoms with E-state index in [1.54, 1.807) is 10.4 Å². The van der Waals surface area contributed by atoms with Crippen LogP contribution in [0.1, 0.15) is 69.4 Å². The predicted molar refractivity (Wildman–Crippen MR) is 121 cm³/mol. The number of sulfonamides is 1. The van der Waals surface area contributed by atoms with E-state index < -0.39 is 10.0 Å². The third-order valence-electron chi connectivity index (χ3n) is 6.52. The highest BCUT2D eigenvalue weighted by molar-refractivity contribution is 7.89. The number of piperidine rings is 2. The fourth-order valence-electron chi connectivity index (χ4n) is 4.67. The van der Waals surface area contributed by atoms with E-state index in [2.05, 4.69) is 17.1 Å². The van der Waals surface area contributed by atoms with Gasteiger partial charge in [-0.1, -0.05) is 32.3 Å². The lowest BCUT2D eigenvalue weighted by molar-refractivity contribution is -0.122. The van der Waals surface area contributed by atoms with E-state index in [-0.39, 0.29) is 11.9 Å². The summed E-state index contributed by atoms with van der Waals surface area (Å²) in [6.45, 7) is 8.96. The lowest BCUT2D eigenvalue weighted by atomic mass is 10.00. The van der Waals surface area contributed by atoms with Crippen molar-refractivity contribution < 1.29 is 13.2 Å². The van der Waals surface area contributed by atoms with Crippen LogP contribution in [0.3, 0.4) is 0 Å². The summed E-state index contributed by atoms with van der Waals surface area (Å²) < 4.78 is 28.1. The number of hydrogen-bond donors (Lipinski definition) is 1. The SMILES string of the molecule is CCCCN1CCCC[C@H]1C(=O)Nc1c(C)ccc(S(=O)(=O)N2CCCCC2)c1C. The Morgan fingerprint density at radius 2 is 1.77 bits per heavy atom. The van der Waals surface area contributed by atoms with Crippen LogP contribution < -0.4 is 5.32 Å². The van der Waals surface area contributed by atoms with Gasteiger partial charge in [-0.2, -0.15) is 4.31 Å². The van der Waals surface area contributed by atoms with Gasteiger partial charge in [-0.3, -0.25) is 9.69 Å². The number of carbonyl (C=O) groups excluding carboxylic acids is 1. The molecule has 2 heterocycles. The van der Waals surface area contributed by atoms with Crippen LogP contribution >= 0.6 is 0 Å². The maximum Gasteiger partial charge on any atom is 0.243 e. The first-order chi connectivity index (χ1) is 14.4. The topological polar surface area (TPSA) is 69.7 Å². The van der Waals surface area contributed by atoms with E-state index in [1.807, 2.05) is 19.9 Å². The van der Waals surface area contributed by atoms with Crippen LogP contribution in [-0.4, -0.2) is 55.8 Å². The maximum atomic E-state index is 13.2. The highest BCUT2D eigenvalue weighted by atomic mass is 32.2. The van der Waals surface area contributed by atoms with Gasteiger partial charge in [-0.25, -0.2) is 8.42 Å². The molecule has 6 nitrogen and oxygen atoms in total. The smallest absolute Gasteiger partial charge is 0.243 e. The Kier molecular flexibility index (Phi) is 7.93. The molecule has 168 valence electrons. The van der Waals surface area contributed by atoms with Gasteiger partial charge in [0.15, 0.2) is 0 Å². The van der Waals surface area contributed by atoms with Crippen LogP contribution in [-0.2, 0) is 14.8 Å². The molecule has 3 rings (SSSR count). The number of rotatable bonds is 7. The van der Waals surface area contributed by atoms with Crippen LogP contribution in [0.15, 0.2) is 17.0 Å². The molecule has 0 aliphatic carbocycles. The third kappa shape index (κ3) is 5.06. The molecule has 2 fully saturated rings. The van der Waals surface area contributed by atoms with E-state index in [0.717, 1.165) is 70.0 Å². The Hall–Kier alpha value is -1.44. The Morgan fingerprint density at radius 3 is 2.47 bits per heavy atom. The van der Waals surface area contributed by atoms with Gasteiger partial charge in [0.25, 0.3) is 0 Å². The van der Waals surface area contributed by atoms with Crippen molar-refractivity contribution in [3.8, 4) is 0 Å². The predicted octanol–water partition coefficient (Wildman–Crippen LogP) is 4.07. The summed E-state index contributed by atoms with van der Waals surface area (Å²) in [4.78, 5) is 15.8. The van der Waals surface area contributed by atoms with Gasteiger partial charge in [0, 0.05) is 18.8 Å². The van der Waals surface area contributed by atoms with E-state index >= 15 is 0 Å². The molecule has 0 bridgehead atoms. The van der Waals surface area contributed by atoms with E-state index in [4.69, 9.17) is 0 Å². The minimum absolute atomic E-state index is 0.00970. The molecule has 1 amide bonds. The van der Waals surface area contributed by atoms with Crippen molar-refractivity contribution in [1.29, 1.82) is 0 Å². The van der Waals surface area contributed by atoms with Gasteiger partial charge >= 0.3 is 0 Å². The van der Waals surface area contributed by atoms with Crippen molar-refractivity contribution in [2.75, 3.05) is 31.5 Å². The van der Waals surface area contributed by atoms with E-state index in [0.29, 0.717) is 29.2 Å². The summed E-state index contributed by atoms with van der Waals surface area (Å²) >= 11 is 0. The average Bonchev–Trinajstić information content (AvgIpc) is 2.75. The molecular formula is C23H37N3O3S. The van der Waals surface area contributed by atoms with Crippen LogP contribution in [0, 0.1) is 13.8 Å². The van der Waals surface area contributed by atoms with Crippen molar-refractivity contribution in [3.63, 3.8) is 0 Å². The molecule has 0 spiro atoms. The number of aryl methyl sites for hydroxylation is 1.